The zero-order valence-corrected chi connectivity index (χ0v) is 7.10. The van der Waals surface area contributed by atoms with Gasteiger partial charge in [-0.2, -0.15) is 0 Å². The van der Waals surface area contributed by atoms with Crippen LogP contribution in [0.4, 0.5) is 0 Å². The summed E-state index contributed by atoms with van der Waals surface area (Å²) in [5.41, 5.74) is 5.38. The lowest BCUT2D eigenvalue weighted by molar-refractivity contribution is 0.0677. The molecule has 62 valence electrons. The molecule has 0 rings (SSSR count). The molecular formula is C8H19NO. The van der Waals surface area contributed by atoms with Crippen molar-refractivity contribution in [2.45, 2.75) is 45.8 Å². The van der Waals surface area contributed by atoms with Gasteiger partial charge < -0.3 is 10.5 Å². The molecule has 10 heavy (non-hydrogen) atoms. The Morgan fingerprint density at radius 1 is 1.30 bits per heavy atom. The SMILES string of the molecule is CCCCCCOC(C)N. The molecule has 0 saturated carbocycles. The van der Waals surface area contributed by atoms with Crippen molar-refractivity contribution in [3.63, 3.8) is 0 Å². The smallest absolute Gasteiger partial charge is 0.102 e. The van der Waals surface area contributed by atoms with E-state index in [9.17, 15) is 0 Å². The van der Waals surface area contributed by atoms with Gasteiger partial charge in [0.25, 0.3) is 0 Å². The van der Waals surface area contributed by atoms with E-state index < -0.39 is 0 Å². The quantitative estimate of drug-likeness (QED) is 0.457. The van der Waals surface area contributed by atoms with E-state index in [1.54, 1.807) is 0 Å². The summed E-state index contributed by atoms with van der Waals surface area (Å²) in [6.45, 7) is 4.88. The first-order valence-electron chi connectivity index (χ1n) is 4.14. The van der Waals surface area contributed by atoms with Crippen LogP contribution < -0.4 is 5.73 Å². The van der Waals surface area contributed by atoms with E-state index in [1.165, 1.54) is 19.3 Å². The topological polar surface area (TPSA) is 35.2 Å². The van der Waals surface area contributed by atoms with Crippen molar-refractivity contribution in [1.29, 1.82) is 0 Å². The number of unbranched alkanes of at least 4 members (excludes halogenated alkanes) is 3. The first-order chi connectivity index (χ1) is 4.77. The third kappa shape index (κ3) is 7.92. The van der Waals surface area contributed by atoms with Crippen LogP contribution in [0.25, 0.3) is 0 Å². The van der Waals surface area contributed by atoms with E-state index in [1.807, 2.05) is 6.92 Å². The number of ether oxygens (including phenoxy) is 1. The van der Waals surface area contributed by atoms with E-state index in [2.05, 4.69) is 6.92 Å². The first kappa shape index (κ1) is 9.92. The number of nitrogens with two attached hydrogens (primary N) is 1. The minimum Gasteiger partial charge on any atom is -0.364 e. The largest absolute Gasteiger partial charge is 0.364 e. The number of rotatable bonds is 6. The van der Waals surface area contributed by atoms with Gasteiger partial charge in [-0.05, 0) is 13.3 Å². The van der Waals surface area contributed by atoms with Gasteiger partial charge in [0.2, 0.25) is 0 Å². The van der Waals surface area contributed by atoms with Gasteiger partial charge in [-0.25, -0.2) is 0 Å². The molecule has 0 heterocycles. The molecular weight excluding hydrogens is 126 g/mol. The molecule has 0 aliphatic rings. The summed E-state index contributed by atoms with van der Waals surface area (Å²) in [5.74, 6) is 0. The van der Waals surface area contributed by atoms with Crippen LogP contribution in [0.5, 0.6) is 0 Å². The summed E-state index contributed by atoms with van der Waals surface area (Å²) in [6.07, 6.45) is 4.90. The third-order valence-electron chi connectivity index (χ3n) is 1.38. The van der Waals surface area contributed by atoms with Crippen molar-refractivity contribution in [2.24, 2.45) is 5.73 Å². The number of hydrogen-bond acceptors (Lipinski definition) is 2. The van der Waals surface area contributed by atoms with Crippen LogP contribution in [0, 0.1) is 0 Å². The van der Waals surface area contributed by atoms with E-state index >= 15 is 0 Å². The van der Waals surface area contributed by atoms with Crippen molar-refractivity contribution in [3.05, 3.63) is 0 Å². The van der Waals surface area contributed by atoms with Gasteiger partial charge >= 0.3 is 0 Å². The Labute approximate surface area is 63.7 Å². The van der Waals surface area contributed by atoms with Gasteiger partial charge in [0.15, 0.2) is 0 Å². The van der Waals surface area contributed by atoms with Gasteiger partial charge in [0, 0.05) is 6.61 Å². The Hall–Kier alpha value is -0.0800. The second-order valence-corrected chi connectivity index (χ2v) is 2.64. The molecule has 2 N–H and O–H groups in total. The number of hydrogen-bond donors (Lipinski definition) is 1. The van der Waals surface area contributed by atoms with Gasteiger partial charge in [-0.1, -0.05) is 26.2 Å². The average Bonchev–Trinajstić information content (AvgIpc) is 1.87. The predicted octanol–water partition coefficient (Wildman–Crippen LogP) is 1.89. The standard InChI is InChI=1S/C8H19NO/c1-3-4-5-6-7-10-8(2)9/h8H,3-7,9H2,1-2H3. The average molecular weight is 145 g/mol. The molecule has 0 bridgehead atoms. The lowest BCUT2D eigenvalue weighted by Gasteiger charge is -2.05. The summed E-state index contributed by atoms with van der Waals surface area (Å²) >= 11 is 0. The zero-order chi connectivity index (χ0) is 7.82. The molecule has 0 fully saturated rings. The summed E-state index contributed by atoms with van der Waals surface area (Å²) in [7, 11) is 0. The molecule has 0 aromatic carbocycles. The minimum absolute atomic E-state index is 0.0957. The highest BCUT2D eigenvalue weighted by atomic mass is 16.5. The zero-order valence-electron chi connectivity index (χ0n) is 7.10. The van der Waals surface area contributed by atoms with Crippen LogP contribution >= 0.6 is 0 Å². The summed E-state index contributed by atoms with van der Waals surface area (Å²) in [6, 6.07) is 0. The maximum Gasteiger partial charge on any atom is 0.102 e. The monoisotopic (exact) mass is 145 g/mol. The molecule has 0 aromatic rings. The molecule has 0 aromatic heterocycles. The molecule has 2 nitrogen and oxygen atoms in total. The highest BCUT2D eigenvalue weighted by molar-refractivity contribution is 4.40. The lowest BCUT2D eigenvalue weighted by atomic mass is 10.2. The highest BCUT2D eigenvalue weighted by Crippen LogP contribution is 1.98. The summed E-state index contributed by atoms with van der Waals surface area (Å²) in [4.78, 5) is 0. The van der Waals surface area contributed by atoms with Crippen molar-refractivity contribution >= 4 is 0 Å². The maximum absolute atomic E-state index is 5.38. The summed E-state index contributed by atoms with van der Waals surface area (Å²) in [5, 5.41) is 0. The molecule has 0 amide bonds. The Morgan fingerprint density at radius 3 is 2.50 bits per heavy atom. The van der Waals surface area contributed by atoms with Crippen LogP contribution in [-0.2, 0) is 4.74 Å². The second-order valence-electron chi connectivity index (χ2n) is 2.64. The van der Waals surface area contributed by atoms with Crippen LogP contribution in [0.3, 0.4) is 0 Å². The molecule has 0 aliphatic carbocycles. The Bertz CT molecular complexity index is 64.3. The molecule has 0 aliphatic heterocycles. The second kappa shape index (κ2) is 7.03. The fraction of sp³-hybridized carbons (Fsp3) is 1.00. The van der Waals surface area contributed by atoms with E-state index in [0.717, 1.165) is 13.0 Å². The molecule has 0 saturated heterocycles. The van der Waals surface area contributed by atoms with Crippen molar-refractivity contribution in [2.75, 3.05) is 6.61 Å². The van der Waals surface area contributed by atoms with Gasteiger partial charge in [-0.3, -0.25) is 0 Å². The normalized spacial score (nSPS) is 13.5. The van der Waals surface area contributed by atoms with E-state index in [-0.39, 0.29) is 6.23 Å². The Kier molecular flexibility index (Phi) is 6.98. The summed E-state index contributed by atoms with van der Waals surface area (Å²) < 4.78 is 5.17. The van der Waals surface area contributed by atoms with Crippen LogP contribution in [0.15, 0.2) is 0 Å². The van der Waals surface area contributed by atoms with Gasteiger partial charge in [0.1, 0.15) is 6.23 Å². The van der Waals surface area contributed by atoms with Crippen LogP contribution in [-0.4, -0.2) is 12.8 Å². The molecule has 1 unspecified atom stereocenters. The fourth-order valence-electron chi connectivity index (χ4n) is 0.798. The van der Waals surface area contributed by atoms with Crippen molar-refractivity contribution in [1.82, 2.24) is 0 Å². The minimum atomic E-state index is -0.0957. The third-order valence-corrected chi connectivity index (χ3v) is 1.38. The van der Waals surface area contributed by atoms with Crippen molar-refractivity contribution < 1.29 is 4.74 Å². The van der Waals surface area contributed by atoms with Crippen molar-refractivity contribution in [3.8, 4) is 0 Å². The predicted molar refractivity (Wildman–Crippen MR) is 43.7 cm³/mol. The van der Waals surface area contributed by atoms with Crippen LogP contribution in [0.1, 0.15) is 39.5 Å². The Balaban J connectivity index is 2.77. The Morgan fingerprint density at radius 2 is 2.00 bits per heavy atom. The molecule has 0 spiro atoms. The van der Waals surface area contributed by atoms with Crippen LogP contribution in [0.2, 0.25) is 0 Å². The van der Waals surface area contributed by atoms with Gasteiger partial charge in [-0.15, -0.1) is 0 Å². The van der Waals surface area contributed by atoms with E-state index in [4.69, 9.17) is 10.5 Å². The molecule has 0 radical (unpaired) electrons. The highest BCUT2D eigenvalue weighted by Gasteiger charge is 1.91. The maximum atomic E-state index is 5.38. The molecule has 2 heteroatoms. The first-order valence-corrected chi connectivity index (χ1v) is 4.14. The fourth-order valence-corrected chi connectivity index (χ4v) is 0.798. The van der Waals surface area contributed by atoms with Gasteiger partial charge in [0.05, 0.1) is 0 Å². The van der Waals surface area contributed by atoms with E-state index in [0.29, 0.717) is 0 Å². The molecule has 1 atom stereocenters. The lowest BCUT2D eigenvalue weighted by Crippen LogP contribution is -2.19.